The number of hydrogen-bond acceptors (Lipinski definition) is 4. The van der Waals surface area contributed by atoms with E-state index in [2.05, 4.69) is 9.88 Å². The first-order chi connectivity index (χ1) is 9.66. The summed E-state index contributed by atoms with van der Waals surface area (Å²) in [4.78, 5) is 19.7. The summed E-state index contributed by atoms with van der Waals surface area (Å²) in [5, 5.41) is 11.5. The highest BCUT2D eigenvalue weighted by Crippen LogP contribution is 2.25. The van der Waals surface area contributed by atoms with E-state index in [-0.39, 0.29) is 0 Å². The topological polar surface area (TPSA) is 56.7 Å². The van der Waals surface area contributed by atoms with Crippen LogP contribution in [0, 0.1) is 0 Å². The summed E-state index contributed by atoms with van der Waals surface area (Å²) >= 11 is 0. The van der Waals surface area contributed by atoms with Gasteiger partial charge >= 0.3 is 5.97 Å². The second kappa shape index (κ2) is 5.09. The molecule has 1 atom stereocenters. The summed E-state index contributed by atoms with van der Waals surface area (Å²) in [5.74, 6) is 0.0971. The van der Waals surface area contributed by atoms with Gasteiger partial charge in [-0.25, -0.2) is 4.98 Å². The molecule has 1 fully saturated rings. The van der Waals surface area contributed by atoms with Crippen LogP contribution in [-0.2, 0) is 4.79 Å². The Morgan fingerprint density at radius 1 is 1.30 bits per heavy atom. The summed E-state index contributed by atoms with van der Waals surface area (Å²) in [6.45, 7) is 1.98. The van der Waals surface area contributed by atoms with Crippen LogP contribution in [0.15, 0.2) is 36.5 Å². The molecule has 0 radical (unpaired) electrons. The number of anilines is 1. The Labute approximate surface area is 117 Å². The number of hydrogen-bond donors (Lipinski definition) is 1. The molecular formula is C15H17N3O2. The average molecular weight is 271 g/mol. The number of aliphatic carboxylic acids is 1. The summed E-state index contributed by atoms with van der Waals surface area (Å²) in [7, 11) is 1.85. The molecule has 0 saturated carbocycles. The van der Waals surface area contributed by atoms with Crippen molar-refractivity contribution in [1.82, 2.24) is 9.88 Å². The van der Waals surface area contributed by atoms with Gasteiger partial charge in [0.2, 0.25) is 0 Å². The maximum absolute atomic E-state index is 11.3. The number of rotatable bonds is 2. The Balaban J connectivity index is 1.97. The van der Waals surface area contributed by atoms with Crippen LogP contribution in [0.5, 0.6) is 0 Å². The molecule has 1 saturated heterocycles. The first-order valence-electron chi connectivity index (χ1n) is 6.68. The van der Waals surface area contributed by atoms with Crippen molar-refractivity contribution in [2.24, 2.45) is 0 Å². The first-order valence-corrected chi connectivity index (χ1v) is 6.68. The Morgan fingerprint density at radius 3 is 2.90 bits per heavy atom. The molecule has 2 aromatic rings. The van der Waals surface area contributed by atoms with Crippen LogP contribution in [-0.4, -0.2) is 53.7 Å². The van der Waals surface area contributed by atoms with Gasteiger partial charge in [0.15, 0.2) is 0 Å². The molecule has 1 aliphatic heterocycles. The second-order valence-electron chi connectivity index (χ2n) is 5.14. The molecule has 20 heavy (non-hydrogen) atoms. The number of fused-ring (bicyclic) bond motifs is 1. The zero-order valence-electron chi connectivity index (χ0n) is 11.4. The van der Waals surface area contributed by atoms with Crippen molar-refractivity contribution in [3.8, 4) is 0 Å². The molecule has 1 aromatic heterocycles. The SMILES string of the molecule is CN1CCN(c2nccc3ccccc23)C[C@@H]1C(=O)O. The Kier molecular flexibility index (Phi) is 3.28. The van der Waals surface area contributed by atoms with Gasteiger partial charge in [-0.05, 0) is 18.5 Å². The van der Waals surface area contributed by atoms with E-state index in [1.807, 2.05) is 42.3 Å². The molecule has 1 aliphatic rings. The number of nitrogens with zero attached hydrogens (tertiary/aromatic N) is 3. The molecule has 0 amide bonds. The Morgan fingerprint density at radius 2 is 2.10 bits per heavy atom. The van der Waals surface area contributed by atoms with Crippen molar-refractivity contribution in [2.75, 3.05) is 31.6 Å². The van der Waals surface area contributed by atoms with E-state index in [0.29, 0.717) is 6.54 Å². The molecular weight excluding hydrogens is 254 g/mol. The lowest BCUT2D eigenvalue weighted by Gasteiger charge is -2.38. The lowest BCUT2D eigenvalue weighted by Crippen LogP contribution is -2.55. The normalized spacial score (nSPS) is 20.2. The van der Waals surface area contributed by atoms with Crippen molar-refractivity contribution in [2.45, 2.75) is 6.04 Å². The van der Waals surface area contributed by atoms with Crippen molar-refractivity contribution in [3.63, 3.8) is 0 Å². The number of pyridine rings is 1. The van der Waals surface area contributed by atoms with Gasteiger partial charge in [0, 0.05) is 31.2 Å². The van der Waals surface area contributed by atoms with Gasteiger partial charge in [-0.3, -0.25) is 9.69 Å². The van der Waals surface area contributed by atoms with Crippen LogP contribution in [0.25, 0.3) is 10.8 Å². The molecule has 5 nitrogen and oxygen atoms in total. The van der Waals surface area contributed by atoms with Crippen molar-refractivity contribution < 1.29 is 9.90 Å². The number of benzene rings is 1. The van der Waals surface area contributed by atoms with Crippen molar-refractivity contribution in [3.05, 3.63) is 36.5 Å². The van der Waals surface area contributed by atoms with Crippen molar-refractivity contribution >= 4 is 22.6 Å². The van der Waals surface area contributed by atoms with E-state index < -0.39 is 12.0 Å². The third-order valence-electron chi connectivity index (χ3n) is 3.89. The average Bonchev–Trinajstić information content (AvgIpc) is 2.47. The van der Waals surface area contributed by atoms with E-state index in [9.17, 15) is 9.90 Å². The van der Waals surface area contributed by atoms with Crippen molar-refractivity contribution in [1.29, 1.82) is 0 Å². The standard InChI is InChI=1S/C15H17N3O2/c1-17-8-9-18(10-13(17)15(19)20)14-12-5-3-2-4-11(12)6-7-16-14/h2-7,13H,8-10H2,1H3,(H,19,20)/t13-/m1/s1. The predicted octanol–water partition coefficient (Wildman–Crippen LogP) is 1.44. The lowest BCUT2D eigenvalue weighted by molar-refractivity contribution is -0.142. The maximum Gasteiger partial charge on any atom is 0.322 e. The van der Waals surface area contributed by atoms with Gasteiger partial charge in [-0.1, -0.05) is 24.3 Å². The van der Waals surface area contributed by atoms with Crippen LogP contribution in [0.4, 0.5) is 5.82 Å². The van der Waals surface area contributed by atoms with E-state index in [1.54, 1.807) is 6.20 Å². The van der Waals surface area contributed by atoms with E-state index in [4.69, 9.17) is 0 Å². The van der Waals surface area contributed by atoms with Crippen LogP contribution in [0.1, 0.15) is 0 Å². The lowest BCUT2D eigenvalue weighted by atomic mass is 10.1. The molecule has 1 aromatic carbocycles. The number of piperazine rings is 1. The molecule has 0 aliphatic carbocycles. The summed E-state index contributed by atoms with van der Waals surface area (Å²) < 4.78 is 0. The quantitative estimate of drug-likeness (QED) is 0.895. The van der Waals surface area contributed by atoms with E-state index >= 15 is 0 Å². The molecule has 0 unspecified atom stereocenters. The molecule has 104 valence electrons. The minimum Gasteiger partial charge on any atom is -0.480 e. The summed E-state index contributed by atoms with van der Waals surface area (Å²) in [6, 6.07) is 9.55. The number of carboxylic acid groups (broad SMARTS) is 1. The van der Waals surface area contributed by atoms with Crippen LogP contribution >= 0.6 is 0 Å². The largest absolute Gasteiger partial charge is 0.480 e. The highest BCUT2D eigenvalue weighted by atomic mass is 16.4. The fourth-order valence-corrected chi connectivity index (χ4v) is 2.69. The van der Waals surface area contributed by atoms with Gasteiger partial charge in [0.1, 0.15) is 11.9 Å². The van der Waals surface area contributed by atoms with Gasteiger partial charge in [0.25, 0.3) is 0 Å². The van der Waals surface area contributed by atoms with E-state index in [1.165, 1.54) is 0 Å². The van der Waals surface area contributed by atoms with Gasteiger partial charge in [-0.2, -0.15) is 0 Å². The number of likely N-dealkylation sites (N-methyl/N-ethyl adjacent to an activating group) is 1. The molecule has 2 heterocycles. The smallest absolute Gasteiger partial charge is 0.322 e. The monoisotopic (exact) mass is 271 g/mol. The first kappa shape index (κ1) is 12.9. The molecule has 0 bridgehead atoms. The van der Waals surface area contributed by atoms with Gasteiger partial charge < -0.3 is 10.0 Å². The highest BCUT2D eigenvalue weighted by molar-refractivity contribution is 5.92. The summed E-state index contributed by atoms with van der Waals surface area (Å²) in [6.07, 6.45) is 1.78. The predicted molar refractivity (Wildman–Crippen MR) is 78.0 cm³/mol. The zero-order chi connectivity index (χ0) is 14.1. The van der Waals surface area contributed by atoms with Crippen LogP contribution in [0.3, 0.4) is 0 Å². The minimum atomic E-state index is -0.780. The number of aromatic nitrogens is 1. The van der Waals surface area contributed by atoms with Gasteiger partial charge in [-0.15, -0.1) is 0 Å². The molecule has 0 spiro atoms. The number of carboxylic acids is 1. The third-order valence-corrected chi connectivity index (χ3v) is 3.89. The van der Waals surface area contributed by atoms with Crippen LogP contribution in [0.2, 0.25) is 0 Å². The fraction of sp³-hybridized carbons (Fsp3) is 0.333. The molecule has 3 rings (SSSR count). The fourth-order valence-electron chi connectivity index (χ4n) is 2.69. The molecule has 5 heteroatoms. The zero-order valence-corrected chi connectivity index (χ0v) is 11.4. The molecule has 1 N–H and O–H groups in total. The number of carbonyl (C=O) groups is 1. The highest BCUT2D eigenvalue weighted by Gasteiger charge is 2.30. The maximum atomic E-state index is 11.3. The Bertz CT molecular complexity index is 639. The second-order valence-corrected chi connectivity index (χ2v) is 5.14. The minimum absolute atomic E-state index is 0.465. The van der Waals surface area contributed by atoms with Crippen LogP contribution < -0.4 is 4.90 Å². The van der Waals surface area contributed by atoms with Gasteiger partial charge in [0.05, 0.1) is 0 Å². The Hall–Kier alpha value is -2.14. The van der Waals surface area contributed by atoms with E-state index in [0.717, 1.165) is 29.7 Å². The third kappa shape index (κ3) is 2.20. The summed E-state index contributed by atoms with van der Waals surface area (Å²) in [5.41, 5.74) is 0.